The minimum atomic E-state index is -1.10. The minimum Gasteiger partial charge on any atom is -0.287 e. The Labute approximate surface area is 96.3 Å². The highest BCUT2D eigenvalue weighted by Gasteiger charge is 2.57. The number of benzene rings is 1. The fourth-order valence-electron chi connectivity index (χ4n) is 2.00. The summed E-state index contributed by atoms with van der Waals surface area (Å²) in [5, 5.41) is -1.10. The average molecular weight is 204 g/mol. The Balaban J connectivity index is 2.09. The van der Waals surface area contributed by atoms with Crippen molar-refractivity contribution >= 4 is 34.8 Å². The first-order valence-corrected chi connectivity index (χ1v) is 4.94. The van der Waals surface area contributed by atoms with E-state index in [1.165, 1.54) is 0 Å². The second-order valence-electron chi connectivity index (χ2n) is 4.07. The summed E-state index contributed by atoms with van der Waals surface area (Å²) in [5.41, 5.74) is 0.351. The first-order valence-electron chi connectivity index (χ1n) is 4.94. The van der Waals surface area contributed by atoms with Crippen molar-refractivity contribution < 1.29 is 9.59 Å². The lowest BCUT2D eigenvalue weighted by atomic mass is 9.77. The average Bonchev–Trinajstić information content (AvgIpc) is 2.77. The Hall–Kier alpha value is -1.45. The van der Waals surface area contributed by atoms with Crippen LogP contribution in [0.4, 0.5) is 0 Å². The molecule has 2 heterocycles. The third-order valence-electron chi connectivity index (χ3n) is 3.05. The normalized spacial score (nSPS) is 31.2. The van der Waals surface area contributed by atoms with Gasteiger partial charge in [-0.05, 0) is 17.5 Å². The predicted molar refractivity (Wildman–Crippen MR) is 60.7 cm³/mol. The molecule has 1 fully saturated rings. The Morgan fingerprint density at radius 2 is 1.62 bits per heavy atom. The molecule has 71 valence electrons. The lowest BCUT2D eigenvalue weighted by molar-refractivity contribution is 0.0634. The van der Waals surface area contributed by atoms with Crippen LogP contribution in [0.25, 0.3) is 0 Å². The molecule has 6 heteroatoms. The maximum Gasteiger partial charge on any atom is 0.260 e. The molecule has 1 aromatic rings. The smallest absolute Gasteiger partial charge is 0.260 e. The second kappa shape index (κ2) is 2.81. The van der Waals surface area contributed by atoms with Gasteiger partial charge in [0.25, 0.3) is 11.8 Å². The summed E-state index contributed by atoms with van der Waals surface area (Å²) in [5.74, 6) is -0.736. The van der Waals surface area contributed by atoms with Gasteiger partial charge in [0, 0.05) is 0 Å². The zero-order chi connectivity index (χ0) is 11.5. The molecule has 2 atom stereocenters. The highest BCUT2D eigenvalue weighted by molar-refractivity contribution is 6.79. The van der Waals surface area contributed by atoms with Crippen LogP contribution in [0.1, 0.15) is 20.7 Å². The summed E-state index contributed by atoms with van der Waals surface area (Å²) in [7, 11) is 13.1. The number of hydrogen-bond donors (Lipinski definition) is 0. The maximum atomic E-state index is 12.0. The molecule has 2 aliphatic heterocycles. The van der Waals surface area contributed by atoms with E-state index in [2.05, 4.69) is 0 Å². The van der Waals surface area contributed by atoms with Crippen LogP contribution in [0.3, 0.4) is 0 Å². The molecule has 1 saturated heterocycles. The van der Waals surface area contributed by atoms with Crippen molar-refractivity contribution in [1.82, 2.24) is 4.90 Å². The molecule has 0 bridgehead atoms. The van der Waals surface area contributed by atoms with Crippen molar-refractivity contribution in [3.63, 3.8) is 0 Å². The van der Waals surface area contributed by atoms with E-state index in [0.29, 0.717) is 11.1 Å². The molecule has 0 N–H and O–H groups in total. The van der Waals surface area contributed by atoms with Crippen LogP contribution in [-0.2, 0) is 0 Å². The lowest BCUT2D eigenvalue weighted by Crippen LogP contribution is -2.44. The quantitative estimate of drug-likeness (QED) is 0.466. The number of hydrogen-bond acceptors (Lipinski definition) is 2. The van der Waals surface area contributed by atoms with E-state index < -0.39 is 11.1 Å². The number of carbonyl (C=O) groups excluding carboxylic acids is 2. The van der Waals surface area contributed by atoms with E-state index in [9.17, 15) is 9.59 Å². The SMILES string of the molecule is [B]C1[B]C1([B])N1C(=O)c2ccccc2C1=O. The summed E-state index contributed by atoms with van der Waals surface area (Å²) in [4.78, 5) is 25.0. The number of carbonyl (C=O) groups is 2. The fourth-order valence-corrected chi connectivity index (χ4v) is 2.00. The molecule has 2 unspecified atom stereocenters. The van der Waals surface area contributed by atoms with E-state index in [1.54, 1.807) is 31.5 Å². The molecule has 5 radical (unpaired) electrons. The third-order valence-corrected chi connectivity index (χ3v) is 3.05. The van der Waals surface area contributed by atoms with Crippen molar-refractivity contribution in [2.75, 3.05) is 0 Å². The monoisotopic (exact) mass is 204 g/mol. The van der Waals surface area contributed by atoms with Gasteiger partial charge in [-0.3, -0.25) is 14.5 Å². The van der Waals surface area contributed by atoms with Crippen LogP contribution in [-0.4, -0.2) is 45.0 Å². The topological polar surface area (TPSA) is 37.4 Å². The van der Waals surface area contributed by atoms with E-state index in [1.807, 2.05) is 0 Å². The molecule has 3 rings (SSSR count). The van der Waals surface area contributed by atoms with Gasteiger partial charge in [0.15, 0.2) is 0 Å². The van der Waals surface area contributed by atoms with Crippen LogP contribution in [0.2, 0.25) is 5.72 Å². The van der Waals surface area contributed by atoms with E-state index in [-0.39, 0.29) is 11.8 Å². The zero-order valence-corrected chi connectivity index (χ0v) is 8.38. The van der Waals surface area contributed by atoms with Crippen LogP contribution >= 0.6 is 0 Å². The van der Waals surface area contributed by atoms with Gasteiger partial charge in [-0.15, -0.1) is 0 Å². The van der Waals surface area contributed by atoms with E-state index in [4.69, 9.17) is 15.7 Å². The third kappa shape index (κ3) is 1.02. The predicted octanol–water partition coefficient (Wildman–Crippen LogP) is -0.263. The number of rotatable bonds is 1. The molecule has 3 nitrogen and oxygen atoms in total. The van der Waals surface area contributed by atoms with Gasteiger partial charge in [-0.1, -0.05) is 17.8 Å². The number of amides is 2. The maximum absolute atomic E-state index is 12.0. The molecule has 0 aliphatic carbocycles. The molecule has 0 spiro atoms. The molecule has 0 saturated carbocycles. The Morgan fingerprint density at radius 1 is 1.19 bits per heavy atom. The van der Waals surface area contributed by atoms with Crippen LogP contribution in [0.15, 0.2) is 24.3 Å². The number of nitrogens with zero attached hydrogens (tertiary/aromatic N) is 1. The van der Waals surface area contributed by atoms with Gasteiger partial charge in [0.2, 0.25) is 0 Å². The highest BCUT2D eigenvalue weighted by atomic mass is 16.2. The Kier molecular flexibility index (Phi) is 1.72. The number of imide groups is 1. The summed E-state index contributed by atoms with van der Waals surface area (Å²) in [6, 6.07) is 6.67. The van der Waals surface area contributed by atoms with Gasteiger partial charge in [0.05, 0.1) is 26.8 Å². The summed E-state index contributed by atoms with van der Waals surface area (Å²) < 4.78 is 0. The minimum absolute atomic E-state index is 0.368. The molecule has 16 heavy (non-hydrogen) atoms. The van der Waals surface area contributed by atoms with Crippen molar-refractivity contribution in [2.45, 2.75) is 11.1 Å². The molecule has 2 amide bonds. The Bertz CT molecular complexity index is 484. The standard InChI is InChI=1S/C10H5B3NO2/c11-9-10(12,13-9)14-7(15)5-3-1-2-4-6(5)8(14)16/h1-4,9H. The largest absolute Gasteiger partial charge is 0.287 e. The van der Waals surface area contributed by atoms with Crippen molar-refractivity contribution in [3.05, 3.63) is 35.4 Å². The van der Waals surface area contributed by atoms with E-state index in [0.717, 1.165) is 4.90 Å². The molecule has 0 aromatic heterocycles. The zero-order valence-electron chi connectivity index (χ0n) is 8.38. The molecular formula is C10H5B3NO2. The van der Waals surface area contributed by atoms with Gasteiger partial charge < -0.3 is 0 Å². The summed E-state index contributed by atoms with van der Waals surface area (Å²) in [6.45, 7) is 0. The highest BCUT2D eigenvalue weighted by Crippen LogP contribution is 2.43. The van der Waals surface area contributed by atoms with Gasteiger partial charge in [-0.25, -0.2) is 0 Å². The lowest BCUT2D eigenvalue weighted by Gasteiger charge is -2.24. The molecule has 2 aliphatic rings. The fraction of sp³-hybridized carbons (Fsp3) is 0.200. The van der Waals surface area contributed by atoms with Crippen molar-refractivity contribution in [3.8, 4) is 0 Å². The molecule has 1 aromatic carbocycles. The first kappa shape index (κ1) is 9.76. The van der Waals surface area contributed by atoms with E-state index >= 15 is 0 Å². The van der Waals surface area contributed by atoms with Crippen LogP contribution < -0.4 is 0 Å². The van der Waals surface area contributed by atoms with Gasteiger partial charge in [0.1, 0.15) is 7.28 Å². The summed E-state index contributed by atoms with van der Waals surface area (Å²) in [6.07, 6.45) is 0. The first-order chi connectivity index (χ1) is 7.55. The number of fused-ring (bicyclic) bond motifs is 1. The van der Waals surface area contributed by atoms with Crippen LogP contribution in [0, 0.1) is 0 Å². The van der Waals surface area contributed by atoms with Crippen LogP contribution in [0.5, 0.6) is 0 Å². The van der Waals surface area contributed by atoms with Gasteiger partial charge in [-0.2, -0.15) is 0 Å². The summed E-state index contributed by atoms with van der Waals surface area (Å²) >= 11 is 0. The van der Waals surface area contributed by atoms with Gasteiger partial charge >= 0.3 is 0 Å². The van der Waals surface area contributed by atoms with Crippen molar-refractivity contribution in [1.29, 1.82) is 0 Å². The van der Waals surface area contributed by atoms with Crippen molar-refractivity contribution in [2.24, 2.45) is 0 Å². The Morgan fingerprint density at radius 3 is 2.00 bits per heavy atom. The second-order valence-corrected chi connectivity index (χ2v) is 4.07. The molecular weight excluding hydrogens is 199 g/mol.